The second-order valence-electron chi connectivity index (χ2n) is 5.79. The highest BCUT2D eigenvalue weighted by Gasteiger charge is 2.18. The van der Waals surface area contributed by atoms with Gasteiger partial charge in [0.1, 0.15) is 13.2 Å². The van der Waals surface area contributed by atoms with Gasteiger partial charge < -0.3 is 24.4 Å². The number of anilines is 1. The van der Waals surface area contributed by atoms with Crippen LogP contribution < -0.4 is 14.8 Å². The van der Waals surface area contributed by atoms with Crippen molar-refractivity contribution in [1.29, 1.82) is 0 Å². The van der Waals surface area contributed by atoms with Gasteiger partial charge in [-0.3, -0.25) is 0 Å². The van der Waals surface area contributed by atoms with Gasteiger partial charge in [-0.2, -0.15) is 11.3 Å². The summed E-state index contributed by atoms with van der Waals surface area (Å²) >= 11 is 1.62. The summed E-state index contributed by atoms with van der Waals surface area (Å²) in [4.78, 5) is 14.5. The minimum absolute atomic E-state index is 0.164. The summed E-state index contributed by atoms with van der Waals surface area (Å²) in [5.41, 5.74) is 2.76. The molecule has 1 aromatic heterocycles. The lowest BCUT2D eigenvalue weighted by Crippen LogP contribution is -2.37. The predicted octanol–water partition coefficient (Wildman–Crippen LogP) is 3.51. The summed E-state index contributed by atoms with van der Waals surface area (Å²) in [6.45, 7) is 4.54. The van der Waals surface area contributed by atoms with E-state index in [2.05, 4.69) is 5.32 Å². The molecule has 134 valence electrons. The number of hydrogen-bond donors (Lipinski definition) is 1. The van der Waals surface area contributed by atoms with Crippen LogP contribution >= 0.6 is 11.3 Å². The van der Waals surface area contributed by atoms with E-state index >= 15 is 0 Å². The first-order chi connectivity index (χ1) is 12.2. The van der Waals surface area contributed by atoms with Crippen LogP contribution in [-0.4, -0.2) is 44.4 Å². The fourth-order valence-electron chi connectivity index (χ4n) is 2.58. The molecule has 1 aliphatic heterocycles. The largest absolute Gasteiger partial charge is 0.486 e. The van der Waals surface area contributed by atoms with Crippen molar-refractivity contribution in [3.05, 3.63) is 40.1 Å². The number of rotatable bonds is 6. The molecule has 7 heteroatoms. The van der Waals surface area contributed by atoms with Crippen molar-refractivity contribution in [3.8, 4) is 11.5 Å². The number of thiophene rings is 1. The summed E-state index contributed by atoms with van der Waals surface area (Å²) in [6.07, 6.45) is 0. The molecule has 1 N–H and O–H groups in total. The van der Waals surface area contributed by atoms with Crippen LogP contribution in [0.1, 0.15) is 11.1 Å². The molecule has 0 radical (unpaired) electrons. The van der Waals surface area contributed by atoms with Crippen LogP contribution in [0, 0.1) is 6.92 Å². The number of nitrogens with zero attached hydrogens (tertiary/aromatic N) is 1. The number of benzene rings is 1. The Hall–Kier alpha value is -2.25. The van der Waals surface area contributed by atoms with Crippen LogP contribution in [-0.2, 0) is 11.3 Å². The van der Waals surface area contributed by atoms with Crippen molar-refractivity contribution in [3.63, 3.8) is 0 Å². The van der Waals surface area contributed by atoms with E-state index in [1.54, 1.807) is 23.3 Å². The van der Waals surface area contributed by atoms with Crippen molar-refractivity contribution in [2.24, 2.45) is 0 Å². The van der Waals surface area contributed by atoms with Gasteiger partial charge in [-0.15, -0.1) is 0 Å². The van der Waals surface area contributed by atoms with E-state index in [1.165, 1.54) is 0 Å². The van der Waals surface area contributed by atoms with Gasteiger partial charge in [0.15, 0.2) is 11.5 Å². The predicted molar refractivity (Wildman–Crippen MR) is 97.8 cm³/mol. The Balaban J connectivity index is 1.73. The van der Waals surface area contributed by atoms with Crippen molar-refractivity contribution >= 4 is 23.1 Å². The molecule has 0 spiro atoms. The van der Waals surface area contributed by atoms with Crippen molar-refractivity contribution < 1.29 is 19.0 Å². The fraction of sp³-hybridized carbons (Fsp3) is 0.389. The molecule has 2 heterocycles. The van der Waals surface area contributed by atoms with Crippen LogP contribution in [0.15, 0.2) is 29.0 Å². The molecule has 0 bridgehead atoms. The summed E-state index contributed by atoms with van der Waals surface area (Å²) < 4.78 is 16.3. The number of ether oxygens (including phenoxy) is 3. The Bertz CT molecular complexity index is 718. The van der Waals surface area contributed by atoms with Crippen molar-refractivity contribution in [2.45, 2.75) is 13.5 Å². The van der Waals surface area contributed by atoms with Gasteiger partial charge in [-0.25, -0.2) is 4.79 Å². The molecule has 1 aromatic carbocycles. The molecule has 0 unspecified atom stereocenters. The van der Waals surface area contributed by atoms with Crippen LogP contribution in [0.5, 0.6) is 11.5 Å². The molecule has 0 fully saturated rings. The maximum absolute atomic E-state index is 12.8. The van der Waals surface area contributed by atoms with Gasteiger partial charge in [0.05, 0.1) is 6.61 Å². The first kappa shape index (κ1) is 17.6. The van der Waals surface area contributed by atoms with Gasteiger partial charge >= 0.3 is 6.03 Å². The average molecular weight is 362 g/mol. The maximum atomic E-state index is 12.8. The lowest BCUT2D eigenvalue weighted by molar-refractivity contribution is 0.153. The molecular weight excluding hydrogens is 340 g/mol. The fourth-order valence-corrected chi connectivity index (χ4v) is 3.24. The summed E-state index contributed by atoms with van der Waals surface area (Å²) in [5.74, 6) is 1.38. The number of carbonyl (C=O) groups excluding carboxylic acids is 1. The van der Waals surface area contributed by atoms with Gasteiger partial charge in [-0.05, 0) is 40.9 Å². The first-order valence-electron chi connectivity index (χ1n) is 8.13. The monoisotopic (exact) mass is 362 g/mol. The zero-order valence-corrected chi connectivity index (χ0v) is 15.2. The molecule has 25 heavy (non-hydrogen) atoms. The lowest BCUT2D eigenvalue weighted by Gasteiger charge is -2.24. The van der Waals surface area contributed by atoms with Crippen LogP contribution in [0.25, 0.3) is 0 Å². The Morgan fingerprint density at radius 1 is 1.32 bits per heavy atom. The number of nitrogens with one attached hydrogen (secondary N) is 1. The third-order valence-electron chi connectivity index (χ3n) is 3.94. The molecular formula is C18H22N2O4S. The van der Waals surface area contributed by atoms with Crippen molar-refractivity contribution in [2.75, 3.05) is 38.8 Å². The minimum Gasteiger partial charge on any atom is -0.486 e. The number of hydrogen-bond acceptors (Lipinski definition) is 5. The highest BCUT2D eigenvalue weighted by Crippen LogP contribution is 2.35. The number of aryl methyl sites for hydroxylation is 1. The third-order valence-corrected chi connectivity index (χ3v) is 4.67. The van der Waals surface area contributed by atoms with Crippen LogP contribution in [0.3, 0.4) is 0 Å². The van der Waals surface area contributed by atoms with Crippen molar-refractivity contribution in [1.82, 2.24) is 4.90 Å². The molecule has 3 rings (SSSR count). The van der Waals surface area contributed by atoms with E-state index in [-0.39, 0.29) is 6.03 Å². The topological polar surface area (TPSA) is 60.0 Å². The van der Waals surface area contributed by atoms with Gasteiger partial charge in [0.2, 0.25) is 0 Å². The molecule has 2 aromatic rings. The molecule has 0 aliphatic carbocycles. The molecule has 6 nitrogen and oxygen atoms in total. The quantitative estimate of drug-likeness (QED) is 0.854. The second-order valence-corrected chi connectivity index (χ2v) is 6.57. The number of carbonyl (C=O) groups is 1. The zero-order chi connectivity index (χ0) is 17.6. The van der Waals surface area contributed by atoms with Crippen LogP contribution in [0.4, 0.5) is 10.5 Å². The number of amides is 2. The summed E-state index contributed by atoms with van der Waals surface area (Å²) in [6, 6.07) is 5.57. The summed E-state index contributed by atoms with van der Waals surface area (Å²) in [7, 11) is 1.63. The Morgan fingerprint density at radius 2 is 2.08 bits per heavy atom. The van der Waals surface area contributed by atoms with E-state index < -0.39 is 0 Å². The van der Waals surface area contributed by atoms with Gasteiger partial charge in [0.25, 0.3) is 0 Å². The smallest absolute Gasteiger partial charge is 0.322 e. The Kier molecular flexibility index (Phi) is 5.78. The van der Waals surface area contributed by atoms with Crippen LogP contribution in [0.2, 0.25) is 0 Å². The maximum Gasteiger partial charge on any atom is 0.322 e. The molecule has 0 saturated carbocycles. The minimum atomic E-state index is -0.164. The highest BCUT2D eigenvalue weighted by molar-refractivity contribution is 7.07. The van der Waals surface area contributed by atoms with Gasteiger partial charge in [-0.1, -0.05) is 0 Å². The second kappa shape index (κ2) is 8.22. The van der Waals surface area contributed by atoms with E-state index in [9.17, 15) is 4.79 Å². The van der Waals surface area contributed by atoms with E-state index in [0.717, 1.165) is 22.6 Å². The van der Waals surface area contributed by atoms with E-state index in [1.807, 2.05) is 35.9 Å². The average Bonchev–Trinajstić information content (AvgIpc) is 3.12. The Morgan fingerprint density at radius 3 is 2.76 bits per heavy atom. The number of fused-ring (bicyclic) bond motifs is 1. The first-order valence-corrected chi connectivity index (χ1v) is 9.08. The molecule has 0 atom stereocenters. The van der Waals surface area contributed by atoms with E-state index in [4.69, 9.17) is 14.2 Å². The molecule has 0 saturated heterocycles. The number of urea groups is 1. The lowest BCUT2D eigenvalue weighted by atomic mass is 10.1. The highest BCUT2D eigenvalue weighted by atomic mass is 32.1. The van der Waals surface area contributed by atoms with Gasteiger partial charge in [0, 0.05) is 32.0 Å². The zero-order valence-electron chi connectivity index (χ0n) is 14.4. The normalized spacial score (nSPS) is 12.7. The molecule has 2 amide bonds. The summed E-state index contributed by atoms with van der Waals surface area (Å²) in [5, 5.41) is 7.03. The Labute approximate surface area is 151 Å². The molecule has 1 aliphatic rings. The number of methoxy groups -OCH3 is 1. The standard InChI is InChI=1S/C18H22N2O4S/c1-13-9-16-17(24-7-6-23-16)10-15(13)19-18(21)20(4-5-22-2)11-14-3-8-25-12-14/h3,8-10,12H,4-7,11H2,1-2H3,(H,19,21). The SMILES string of the molecule is COCCN(Cc1ccsc1)C(=O)Nc1cc2c(cc1C)OCCO2. The van der Waals surface area contributed by atoms with E-state index in [0.29, 0.717) is 38.7 Å². The third kappa shape index (κ3) is 4.43.